The van der Waals surface area contributed by atoms with Gasteiger partial charge in [-0.1, -0.05) is 30.3 Å². The van der Waals surface area contributed by atoms with Crippen molar-refractivity contribution < 1.29 is 23.0 Å². The van der Waals surface area contributed by atoms with Crippen LogP contribution in [0.1, 0.15) is 11.1 Å². The minimum atomic E-state index is -4.47. The van der Waals surface area contributed by atoms with Gasteiger partial charge in [-0.05, 0) is 29.8 Å². The molecule has 9 heteroatoms. The molecular formula is C21H15F3N4O2. The number of phenols is 1. The van der Waals surface area contributed by atoms with Gasteiger partial charge in [0.2, 0.25) is 0 Å². The summed E-state index contributed by atoms with van der Waals surface area (Å²) in [6.07, 6.45) is -3.74. The Kier molecular flexibility index (Phi) is 5.09. The van der Waals surface area contributed by atoms with E-state index < -0.39 is 11.7 Å². The van der Waals surface area contributed by atoms with E-state index in [1.165, 1.54) is 12.1 Å². The molecule has 0 radical (unpaired) electrons. The van der Waals surface area contributed by atoms with E-state index in [4.69, 9.17) is 4.74 Å². The Morgan fingerprint density at radius 2 is 1.80 bits per heavy atom. The zero-order valence-corrected chi connectivity index (χ0v) is 15.4. The Hall–Kier alpha value is -3.88. The number of hydrogen-bond donors (Lipinski definition) is 2. The normalized spacial score (nSPS) is 11.4. The second-order valence-corrected chi connectivity index (χ2v) is 6.39. The molecule has 0 saturated carbocycles. The fraction of sp³-hybridized carbons (Fsp3) is 0.0952. The van der Waals surface area contributed by atoms with E-state index in [1.807, 2.05) is 30.3 Å². The van der Waals surface area contributed by atoms with Crippen molar-refractivity contribution in [1.29, 1.82) is 0 Å². The largest absolute Gasteiger partial charge is 0.507 e. The quantitative estimate of drug-likeness (QED) is 0.490. The number of pyridine rings is 1. The molecular weight excluding hydrogens is 397 g/mol. The van der Waals surface area contributed by atoms with Crippen molar-refractivity contribution in [3.05, 3.63) is 78.0 Å². The number of rotatable bonds is 5. The van der Waals surface area contributed by atoms with Crippen molar-refractivity contribution in [2.75, 3.05) is 0 Å². The SMILES string of the molecule is Oc1cc(OCc2ccccc2)ccc1-c1nc(-c2ccc(C(F)(F)F)cn2)n[nH]1. The number of nitrogens with zero attached hydrogens (tertiary/aromatic N) is 3. The number of hydrogen-bond acceptors (Lipinski definition) is 5. The maximum Gasteiger partial charge on any atom is 0.417 e. The van der Waals surface area contributed by atoms with Gasteiger partial charge in [0.1, 0.15) is 23.8 Å². The molecule has 152 valence electrons. The molecule has 0 aliphatic heterocycles. The van der Waals surface area contributed by atoms with Crippen LogP contribution in [0.15, 0.2) is 66.9 Å². The lowest BCUT2D eigenvalue weighted by molar-refractivity contribution is -0.137. The summed E-state index contributed by atoms with van der Waals surface area (Å²) in [7, 11) is 0. The molecule has 2 aromatic heterocycles. The smallest absolute Gasteiger partial charge is 0.417 e. The summed E-state index contributed by atoms with van der Waals surface area (Å²) in [4.78, 5) is 7.98. The van der Waals surface area contributed by atoms with Crippen LogP contribution < -0.4 is 4.74 Å². The molecule has 2 heterocycles. The average molecular weight is 412 g/mol. The van der Waals surface area contributed by atoms with Gasteiger partial charge in [0.05, 0.1) is 11.1 Å². The first-order valence-electron chi connectivity index (χ1n) is 8.86. The summed E-state index contributed by atoms with van der Waals surface area (Å²) in [5, 5.41) is 17.0. The van der Waals surface area contributed by atoms with Gasteiger partial charge in [-0.3, -0.25) is 10.1 Å². The van der Waals surface area contributed by atoms with E-state index in [-0.39, 0.29) is 23.1 Å². The lowest BCUT2D eigenvalue weighted by atomic mass is 10.2. The first kappa shape index (κ1) is 19.4. The lowest BCUT2D eigenvalue weighted by Gasteiger charge is -2.08. The topological polar surface area (TPSA) is 83.9 Å². The Morgan fingerprint density at radius 3 is 2.47 bits per heavy atom. The Bertz CT molecular complexity index is 1140. The fourth-order valence-electron chi connectivity index (χ4n) is 2.73. The van der Waals surface area contributed by atoms with Gasteiger partial charge < -0.3 is 9.84 Å². The Morgan fingerprint density at radius 1 is 1.00 bits per heavy atom. The maximum absolute atomic E-state index is 12.7. The zero-order chi connectivity index (χ0) is 21.1. The number of aromatic nitrogens is 4. The summed E-state index contributed by atoms with van der Waals surface area (Å²) in [5.41, 5.74) is 0.677. The molecule has 0 fully saturated rings. The third kappa shape index (κ3) is 4.24. The molecule has 0 spiro atoms. The van der Waals surface area contributed by atoms with Crippen LogP contribution in [0.4, 0.5) is 13.2 Å². The van der Waals surface area contributed by atoms with Gasteiger partial charge in [-0.2, -0.15) is 18.3 Å². The number of ether oxygens (including phenoxy) is 1. The zero-order valence-electron chi connectivity index (χ0n) is 15.4. The van der Waals surface area contributed by atoms with Crippen LogP contribution in [0.3, 0.4) is 0 Å². The number of phenolic OH excluding ortho intramolecular Hbond substituents is 1. The highest BCUT2D eigenvalue weighted by atomic mass is 19.4. The number of aromatic amines is 1. The molecule has 30 heavy (non-hydrogen) atoms. The monoisotopic (exact) mass is 412 g/mol. The average Bonchev–Trinajstić information content (AvgIpc) is 3.22. The summed E-state index contributed by atoms with van der Waals surface area (Å²) in [6, 6.07) is 16.4. The van der Waals surface area contributed by atoms with E-state index in [2.05, 4.69) is 20.2 Å². The van der Waals surface area contributed by atoms with Gasteiger partial charge in [-0.25, -0.2) is 4.98 Å². The van der Waals surface area contributed by atoms with Gasteiger partial charge in [0.25, 0.3) is 0 Å². The molecule has 0 aliphatic rings. The fourth-order valence-corrected chi connectivity index (χ4v) is 2.73. The maximum atomic E-state index is 12.7. The van der Waals surface area contributed by atoms with Crippen molar-refractivity contribution >= 4 is 0 Å². The van der Waals surface area contributed by atoms with Gasteiger partial charge in [0.15, 0.2) is 11.6 Å². The van der Waals surface area contributed by atoms with E-state index in [0.717, 1.165) is 17.8 Å². The van der Waals surface area contributed by atoms with Crippen molar-refractivity contribution in [2.45, 2.75) is 12.8 Å². The summed E-state index contributed by atoms with van der Waals surface area (Å²) in [5.74, 6) is 0.759. The van der Waals surface area contributed by atoms with E-state index in [1.54, 1.807) is 12.1 Å². The van der Waals surface area contributed by atoms with Crippen LogP contribution >= 0.6 is 0 Å². The molecule has 0 saturated heterocycles. The number of halogens is 3. The number of nitrogens with one attached hydrogen (secondary N) is 1. The first-order chi connectivity index (χ1) is 14.4. The molecule has 0 amide bonds. The standard InChI is InChI=1S/C21H15F3N4O2/c22-21(23,24)14-6-9-17(25-11-14)20-26-19(27-28-20)16-8-7-15(10-18(16)29)30-12-13-4-2-1-3-5-13/h1-11,29H,12H2,(H,26,27,28). The van der Waals surface area contributed by atoms with Crippen LogP contribution in [0.5, 0.6) is 11.5 Å². The summed E-state index contributed by atoms with van der Waals surface area (Å²) < 4.78 is 43.7. The van der Waals surface area contributed by atoms with Gasteiger partial charge >= 0.3 is 6.18 Å². The number of alkyl halides is 3. The van der Waals surface area contributed by atoms with Crippen molar-refractivity contribution in [1.82, 2.24) is 20.2 Å². The van der Waals surface area contributed by atoms with Gasteiger partial charge in [-0.15, -0.1) is 0 Å². The van der Waals surface area contributed by atoms with Crippen LogP contribution in [0.25, 0.3) is 22.9 Å². The molecule has 0 atom stereocenters. The second-order valence-electron chi connectivity index (χ2n) is 6.39. The Balaban J connectivity index is 1.50. The van der Waals surface area contributed by atoms with Crippen molar-refractivity contribution in [3.8, 4) is 34.4 Å². The molecule has 0 bridgehead atoms. The summed E-state index contributed by atoms with van der Waals surface area (Å²) >= 11 is 0. The van der Waals surface area contributed by atoms with Crippen molar-refractivity contribution in [3.63, 3.8) is 0 Å². The van der Waals surface area contributed by atoms with Crippen LogP contribution in [-0.2, 0) is 12.8 Å². The molecule has 2 aromatic carbocycles. The molecule has 4 rings (SSSR count). The third-order valence-electron chi connectivity index (χ3n) is 4.28. The molecule has 4 aromatic rings. The van der Waals surface area contributed by atoms with Crippen LogP contribution in [-0.4, -0.2) is 25.3 Å². The second kappa shape index (κ2) is 7.86. The minimum absolute atomic E-state index is 0.0800. The highest BCUT2D eigenvalue weighted by Crippen LogP contribution is 2.32. The Labute approximate surface area is 169 Å². The van der Waals surface area contributed by atoms with Crippen LogP contribution in [0, 0.1) is 0 Å². The number of aromatic hydroxyl groups is 1. The first-order valence-corrected chi connectivity index (χ1v) is 8.86. The van der Waals surface area contributed by atoms with E-state index in [9.17, 15) is 18.3 Å². The van der Waals surface area contributed by atoms with Crippen molar-refractivity contribution in [2.24, 2.45) is 0 Å². The van der Waals surface area contributed by atoms with Crippen LogP contribution in [0.2, 0.25) is 0 Å². The number of benzene rings is 2. The third-order valence-corrected chi connectivity index (χ3v) is 4.28. The lowest BCUT2D eigenvalue weighted by Crippen LogP contribution is -2.05. The molecule has 0 aliphatic carbocycles. The van der Waals surface area contributed by atoms with Gasteiger partial charge in [0, 0.05) is 12.3 Å². The van der Waals surface area contributed by atoms with E-state index in [0.29, 0.717) is 17.9 Å². The number of H-pyrrole nitrogens is 1. The molecule has 2 N–H and O–H groups in total. The predicted octanol–water partition coefficient (Wildman–Crippen LogP) is 4.84. The predicted molar refractivity (Wildman–Crippen MR) is 102 cm³/mol. The minimum Gasteiger partial charge on any atom is -0.507 e. The molecule has 0 unspecified atom stereocenters. The summed E-state index contributed by atoms with van der Waals surface area (Å²) in [6.45, 7) is 0.353. The highest BCUT2D eigenvalue weighted by molar-refractivity contribution is 5.66. The van der Waals surface area contributed by atoms with E-state index >= 15 is 0 Å². The molecule has 6 nitrogen and oxygen atoms in total. The highest BCUT2D eigenvalue weighted by Gasteiger charge is 2.30.